The van der Waals surface area contributed by atoms with Gasteiger partial charge in [-0.2, -0.15) is 0 Å². The van der Waals surface area contributed by atoms with E-state index in [1.165, 1.54) is 5.56 Å². The highest BCUT2D eigenvalue weighted by Crippen LogP contribution is 1.97. The van der Waals surface area contributed by atoms with Gasteiger partial charge < -0.3 is 0 Å². The summed E-state index contributed by atoms with van der Waals surface area (Å²) < 4.78 is 0. The van der Waals surface area contributed by atoms with Crippen LogP contribution in [0.25, 0.3) is 0 Å². The van der Waals surface area contributed by atoms with Crippen molar-refractivity contribution in [2.24, 2.45) is 0 Å². The van der Waals surface area contributed by atoms with Gasteiger partial charge in [-0.1, -0.05) is 35.9 Å². The third-order valence-corrected chi connectivity index (χ3v) is 2.19. The number of benzene rings is 1. The minimum Gasteiger partial charge on any atom is -0.107 e. The van der Waals surface area contributed by atoms with E-state index in [1.807, 2.05) is 11.8 Å². The first-order valence-corrected chi connectivity index (χ1v) is 4.60. The second-order valence-corrected chi connectivity index (χ2v) is 3.24. The molecule has 0 saturated heterocycles. The highest BCUT2D eigenvalue weighted by atomic mass is 28.2. The van der Waals surface area contributed by atoms with Gasteiger partial charge in [0.25, 0.3) is 0 Å². The number of hydrogen-bond acceptors (Lipinski definition) is 0. The third kappa shape index (κ3) is 2.19. The molecule has 0 heterocycles. The normalized spacial score (nSPS) is 9.20. The second-order valence-electron chi connectivity index (χ2n) is 2.07. The summed E-state index contributed by atoms with van der Waals surface area (Å²) in [6.45, 7) is 3.69. The Balaban J connectivity index is 2.50. The molecule has 0 aromatic heterocycles. The van der Waals surface area contributed by atoms with Gasteiger partial charge in [0.2, 0.25) is 0 Å². The summed E-state index contributed by atoms with van der Waals surface area (Å²) in [4.78, 5) is 0. The van der Waals surface area contributed by atoms with Crippen LogP contribution in [0.2, 0.25) is 0 Å². The summed E-state index contributed by atoms with van der Waals surface area (Å²) in [5, 5.41) is 0. The minimum atomic E-state index is 0.856. The molecule has 1 heteroatoms. The molecule has 0 bridgehead atoms. The zero-order valence-electron chi connectivity index (χ0n) is 5.88. The molecule has 0 aliphatic rings. The standard InChI is InChI=1S/C9H10Si/c1-2-10-8-9-6-4-3-5-7-9/h2-7H,1,8H2. The molecule has 1 rings (SSSR count). The number of hydrogen-bond donors (Lipinski definition) is 0. The Labute approximate surface area is 64.4 Å². The van der Waals surface area contributed by atoms with E-state index in [4.69, 9.17) is 0 Å². The van der Waals surface area contributed by atoms with E-state index in [1.54, 1.807) is 0 Å². The molecular weight excluding hydrogens is 136 g/mol. The highest BCUT2D eigenvalue weighted by Gasteiger charge is 1.87. The maximum Gasteiger partial charge on any atom is 0.0743 e. The van der Waals surface area contributed by atoms with Crippen molar-refractivity contribution in [1.82, 2.24) is 0 Å². The van der Waals surface area contributed by atoms with Crippen LogP contribution in [0.5, 0.6) is 0 Å². The van der Waals surface area contributed by atoms with E-state index in [0.717, 1.165) is 15.6 Å². The van der Waals surface area contributed by atoms with Crippen molar-refractivity contribution in [3.63, 3.8) is 0 Å². The fraction of sp³-hybridized carbons (Fsp3) is 0.111. The van der Waals surface area contributed by atoms with Crippen LogP contribution in [0.15, 0.2) is 42.6 Å². The Morgan fingerprint density at radius 2 is 2.00 bits per heavy atom. The van der Waals surface area contributed by atoms with E-state index in [2.05, 4.69) is 30.8 Å². The first kappa shape index (κ1) is 7.29. The van der Waals surface area contributed by atoms with E-state index >= 15 is 0 Å². The highest BCUT2D eigenvalue weighted by molar-refractivity contribution is 6.41. The maximum atomic E-state index is 3.69. The number of rotatable bonds is 3. The van der Waals surface area contributed by atoms with Crippen LogP contribution in [0.4, 0.5) is 0 Å². The first-order chi connectivity index (χ1) is 4.93. The Bertz CT molecular complexity index is 191. The fourth-order valence-electron chi connectivity index (χ4n) is 0.786. The van der Waals surface area contributed by atoms with Crippen molar-refractivity contribution in [3.05, 3.63) is 48.2 Å². The Kier molecular flexibility index (Phi) is 2.96. The molecule has 0 spiro atoms. The molecule has 0 saturated carbocycles. The molecule has 0 fully saturated rings. The largest absolute Gasteiger partial charge is 0.107 e. The fourth-order valence-corrected chi connectivity index (χ4v) is 1.40. The van der Waals surface area contributed by atoms with Gasteiger partial charge in [0.1, 0.15) is 0 Å². The van der Waals surface area contributed by atoms with E-state index < -0.39 is 0 Å². The lowest BCUT2D eigenvalue weighted by Gasteiger charge is -1.93. The zero-order chi connectivity index (χ0) is 7.23. The molecule has 0 atom stereocenters. The predicted molar refractivity (Wildman–Crippen MR) is 46.1 cm³/mol. The lowest BCUT2D eigenvalue weighted by atomic mass is 10.2. The molecule has 1 aromatic rings. The molecule has 0 N–H and O–H groups in total. The monoisotopic (exact) mass is 146 g/mol. The summed E-state index contributed by atoms with van der Waals surface area (Å²) in [7, 11) is 0.856. The van der Waals surface area contributed by atoms with Crippen LogP contribution in [0.3, 0.4) is 0 Å². The summed E-state index contributed by atoms with van der Waals surface area (Å²) in [5.74, 6) is 0. The maximum absolute atomic E-state index is 3.69. The summed E-state index contributed by atoms with van der Waals surface area (Å²) in [5.41, 5.74) is 3.38. The minimum absolute atomic E-state index is 0.856. The summed E-state index contributed by atoms with van der Waals surface area (Å²) in [6.07, 6.45) is 0. The lowest BCUT2D eigenvalue weighted by molar-refractivity contribution is 1.39. The van der Waals surface area contributed by atoms with Crippen molar-refractivity contribution < 1.29 is 0 Å². The van der Waals surface area contributed by atoms with Crippen LogP contribution in [-0.2, 0) is 6.04 Å². The van der Waals surface area contributed by atoms with E-state index in [0.29, 0.717) is 0 Å². The molecular formula is C9H10Si. The quantitative estimate of drug-likeness (QED) is 0.572. The van der Waals surface area contributed by atoms with Crippen molar-refractivity contribution in [2.45, 2.75) is 6.04 Å². The molecule has 10 heavy (non-hydrogen) atoms. The van der Waals surface area contributed by atoms with Gasteiger partial charge >= 0.3 is 0 Å². The molecule has 2 radical (unpaired) electrons. The second kappa shape index (κ2) is 4.07. The molecule has 50 valence electrons. The van der Waals surface area contributed by atoms with E-state index in [-0.39, 0.29) is 0 Å². The summed E-state index contributed by atoms with van der Waals surface area (Å²) >= 11 is 0. The molecule has 1 aromatic carbocycles. The third-order valence-electron chi connectivity index (χ3n) is 1.29. The summed E-state index contributed by atoms with van der Waals surface area (Å²) in [6, 6.07) is 11.6. The van der Waals surface area contributed by atoms with Gasteiger partial charge in [0.05, 0.1) is 9.52 Å². The van der Waals surface area contributed by atoms with Crippen molar-refractivity contribution in [3.8, 4) is 0 Å². The van der Waals surface area contributed by atoms with Crippen molar-refractivity contribution >= 4 is 9.52 Å². The lowest BCUT2D eigenvalue weighted by Crippen LogP contribution is -1.91. The predicted octanol–water partition coefficient (Wildman–Crippen LogP) is 2.03. The molecule has 0 nitrogen and oxygen atoms in total. The first-order valence-electron chi connectivity index (χ1n) is 3.31. The van der Waals surface area contributed by atoms with Crippen LogP contribution in [0, 0.1) is 0 Å². The van der Waals surface area contributed by atoms with Gasteiger partial charge in [0.15, 0.2) is 0 Å². The molecule has 0 aliphatic carbocycles. The van der Waals surface area contributed by atoms with Crippen molar-refractivity contribution in [1.29, 1.82) is 0 Å². The molecule has 0 amide bonds. The van der Waals surface area contributed by atoms with Gasteiger partial charge in [0, 0.05) is 0 Å². The topological polar surface area (TPSA) is 0 Å². The van der Waals surface area contributed by atoms with Crippen molar-refractivity contribution in [2.75, 3.05) is 0 Å². The van der Waals surface area contributed by atoms with Crippen LogP contribution >= 0.6 is 0 Å². The van der Waals surface area contributed by atoms with Gasteiger partial charge in [-0.15, -0.1) is 12.3 Å². The van der Waals surface area contributed by atoms with Gasteiger partial charge in [-0.25, -0.2) is 0 Å². The Morgan fingerprint density at radius 1 is 1.30 bits per heavy atom. The van der Waals surface area contributed by atoms with Gasteiger partial charge in [-0.3, -0.25) is 0 Å². The smallest absolute Gasteiger partial charge is 0.0743 e. The molecule has 0 aliphatic heterocycles. The zero-order valence-corrected chi connectivity index (χ0v) is 6.88. The van der Waals surface area contributed by atoms with Crippen LogP contribution in [-0.4, -0.2) is 9.52 Å². The SMILES string of the molecule is C=C[Si]Cc1ccccc1. The molecule has 0 unspecified atom stereocenters. The van der Waals surface area contributed by atoms with Gasteiger partial charge in [-0.05, 0) is 6.04 Å². The Morgan fingerprint density at radius 3 is 2.60 bits per heavy atom. The average molecular weight is 146 g/mol. The Hall–Kier alpha value is -0.823. The average Bonchev–Trinajstić information content (AvgIpc) is 2.03. The van der Waals surface area contributed by atoms with E-state index in [9.17, 15) is 0 Å². The van der Waals surface area contributed by atoms with Crippen LogP contribution < -0.4 is 0 Å². The van der Waals surface area contributed by atoms with Crippen LogP contribution in [0.1, 0.15) is 5.56 Å².